The number of primary amides is 1. The average Bonchev–Trinajstić information content (AvgIpc) is 1.65. The van der Waals surface area contributed by atoms with Crippen molar-refractivity contribution >= 4 is 143 Å². The van der Waals surface area contributed by atoms with Gasteiger partial charge >= 0.3 is 5.97 Å². The van der Waals surface area contributed by atoms with Crippen molar-refractivity contribution in [2.24, 2.45) is 44.4 Å². The first kappa shape index (κ1) is 76.2. The largest absolute Gasteiger partial charge is 0.481 e. The van der Waals surface area contributed by atoms with Crippen LogP contribution in [0.25, 0.3) is 10.9 Å². The molecule has 3 aliphatic heterocycles. The zero-order chi connectivity index (χ0) is 66.9. The van der Waals surface area contributed by atoms with Crippen LogP contribution in [0, 0.1) is 0 Å². The number of carbonyl (C=O) groups is 13. The molecule has 0 saturated carbocycles. The van der Waals surface area contributed by atoms with E-state index < -0.39 is 169 Å². The number of nitrogens with zero attached hydrogens (tertiary/aromatic N) is 3. The predicted molar refractivity (Wildman–Crippen MR) is 346 cm³/mol. The summed E-state index contributed by atoms with van der Waals surface area (Å²) in [6.07, 6.45) is -1.34. The number of aliphatic hydroxyl groups excluding tert-OH is 1. The molecule has 35 nitrogen and oxygen atoms in total. The number of aromatic amines is 1. The number of amides is 12. The van der Waals surface area contributed by atoms with E-state index in [-0.39, 0.29) is 101 Å². The molecular weight excluding hydrogens is 1280 g/mol. The summed E-state index contributed by atoms with van der Waals surface area (Å²) in [4.78, 5) is 194. The molecule has 1 unspecified atom stereocenters. The van der Waals surface area contributed by atoms with Crippen LogP contribution >= 0.6 is 43.2 Å². The van der Waals surface area contributed by atoms with Crippen molar-refractivity contribution in [3.63, 3.8) is 0 Å². The summed E-state index contributed by atoms with van der Waals surface area (Å²) >= 11 is 0. The number of rotatable bonds is 16. The van der Waals surface area contributed by atoms with E-state index in [9.17, 15) is 72.5 Å². The Morgan fingerprint density at radius 3 is 1.74 bits per heavy atom. The Balaban J connectivity index is 0.0000180. The fourth-order valence-corrected chi connectivity index (χ4v) is 14.0. The zero-order valence-electron chi connectivity index (χ0n) is 49.4. The number of aromatic nitrogens is 1. The lowest BCUT2D eigenvalue weighted by atomic mass is 10.1. The van der Waals surface area contributed by atoms with Crippen LogP contribution < -0.4 is 87.6 Å². The Morgan fingerprint density at radius 1 is 0.630 bits per heavy atom. The fraction of sp³-hybridized carbons (Fsp3) is 0.566. The van der Waals surface area contributed by atoms with Gasteiger partial charge in [0, 0.05) is 60.3 Å². The number of carboxylic acids is 1. The van der Waals surface area contributed by atoms with Crippen molar-refractivity contribution < 1.29 is 72.5 Å². The van der Waals surface area contributed by atoms with Gasteiger partial charge in [-0.3, -0.25) is 72.3 Å². The number of hydrogen-bond donors (Lipinski definition) is 19. The number of para-hydroxylation sites is 1. The summed E-state index contributed by atoms with van der Waals surface area (Å²) in [5.74, 6) is -15.7. The second-order valence-electron chi connectivity index (χ2n) is 21.0. The molecular formula is C53H82N20O15S4. The van der Waals surface area contributed by atoms with Crippen molar-refractivity contribution in [3.05, 3.63) is 36.0 Å². The maximum Gasteiger partial charge on any atom is 0.305 e. The van der Waals surface area contributed by atoms with E-state index in [0.29, 0.717) is 11.2 Å². The van der Waals surface area contributed by atoms with Crippen LogP contribution in [0.2, 0.25) is 0 Å². The molecule has 12 amide bonds. The Morgan fingerprint density at radius 2 is 1.15 bits per heavy atom. The quantitative estimate of drug-likeness (QED) is 0.0321. The first-order chi connectivity index (χ1) is 43.3. The third kappa shape index (κ3) is 24.1. The molecule has 0 aliphatic carbocycles. The number of H-pyrrole nitrogens is 1. The highest BCUT2D eigenvalue weighted by molar-refractivity contribution is 8.77. The highest BCUT2D eigenvalue weighted by Crippen LogP contribution is 2.26. The predicted octanol–water partition coefficient (Wildman–Crippen LogP) is -6.99. The van der Waals surface area contributed by atoms with Crippen LogP contribution in [-0.2, 0) is 68.7 Å². The molecule has 1 aromatic heterocycles. The van der Waals surface area contributed by atoms with E-state index in [4.69, 9.17) is 34.4 Å². The lowest BCUT2D eigenvalue weighted by Gasteiger charge is -2.30. The van der Waals surface area contributed by atoms with Crippen LogP contribution in [0.1, 0.15) is 65.0 Å². The van der Waals surface area contributed by atoms with E-state index in [1.54, 1.807) is 30.3 Å². The maximum atomic E-state index is 14.6. The molecule has 92 heavy (non-hydrogen) atoms. The van der Waals surface area contributed by atoms with Gasteiger partial charge in [0.15, 0.2) is 11.9 Å². The van der Waals surface area contributed by atoms with Crippen molar-refractivity contribution in [1.29, 1.82) is 0 Å². The normalized spacial score (nSPS) is 25.8. The van der Waals surface area contributed by atoms with Gasteiger partial charge in [-0.05, 0) is 63.0 Å². The van der Waals surface area contributed by atoms with E-state index in [0.717, 1.165) is 53.5 Å². The van der Waals surface area contributed by atoms with Crippen LogP contribution in [0.4, 0.5) is 0 Å². The van der Waals surface area contributed by atoms with Crippen LogP contribution in [-0.4, -0.2) is 231 Å². The molecule has 0 radical (unpaired) electrons. The lowest BCUT2D eigenvalue weighted by Crippen LogP contribution is -2.61. The van der Waals surface area contributed by atoms with Crippen molar-refractivity contribution in [3.8, 4) is 0 Å². The Labute approximate surface area is 544 Å². The highest BCUT2D eigenvalue weighted by atomic mass is 33.1. The molecule has 3 aliphatic rings. The van der Waals surface area contributed by atoms with Crippen molar-refractivity contribution in [2.75, 3.05) is 55.8 Å². The number of carbonyl (C=O) groups excluding carboxylic acids is 12. The second kappa shape index (κ2) is 37.9. The number of guanidine groups is 2. The maximum absolute atomic E-state index is 14.6. The average molecular weight is 1370 g/mol. The van der Waals surface area contributed by atoms with Crippen molar-refractivity contribution in [2.45, 2.75) is 132 Å². The van der Waals surface area contributed by atoms with Gasteiger partial charge in [0.25, 0.3) is 0 Å². The molecule has 11 atom stereocenters. The minimum absolute atomic E-state index is 0. The first-order valence-corrected chi connectivity index (χ1v) is 33.6. The number of carboxylic acid groups (broad SMARTS) is 1. The number of fused-ring (bicyclic) bond motifs is 10. The third-order valence-electron chi connectivity index (χ3n) is 14.1. The van der Waals surface area contributed by atoms with Crippen LogP contribution in [0.3, 0.4) is 0 Å². The van der Waals surface area contributed by atoms with Crippen LogP contribution in [0.15, 0.2) is 40.3 Å². The topological polar surface area (TPSA) is 583 Å². The number of aliphatic imine (C=N–C) groups is 2. The molecule has 3 saturated heterocycles. The van der Waals surface area contributed by atoms with E-state index >= 15 is 0 Å². The minimum atomic E-state index is -1.94. The van der Waals surface area contributed by atoms with E-state index in [2.05, 4.69) is 68.1 Å². The molecule has 2 bridgehead atoms. The van der Waals surface area contributed by atoms with Crippen LogP contribution in [0.5, 0.6) is 0 Å². The summed E-state index contributed by atoms with van der Waals surface area (Å²) < 4.78 is 0. The highest BCUT2D eigenvalue weighted by Gasteiger charge is 2.42. The molecule has 2 aromatic rings. The third-order valence-corrected chi connectivity index (χ3v) is 18.9. The number of aliphatic hydroxyl groups is 1. The molecule has 39 heteroatoms. The Kier molecular flexibility index (Phi) is 31.4. The molecule has 5 rings (SSSR count). The summed E-state index contributed by atoms with van der Waals surface area (Å²) in [5.41, 5.74) is 34.7. The van der Waals surface area contributed by atoms with Gasteiger partial charge in [0.2, 0.25) is 70.9 Å². The Hall–Kier alpha value is -8.27. The molecule has 3 fully saturated rings. The van der Waals surface area contributed by atoms with Gasteiger partial charge in [-0.2, -0.15) is 0 Å². The van der Waals surface area contributed by atoms with Gasteiger partial charge in [-0.25, -0.2) is 0 Å². The number of benzene rings is 1. The standard InChI is InChI=1S/C52H78N20O15S4.CH4/c1-24-41(78)66-30(16-26-15-25-7-2-3-8-27(25)62-26)44(81)64-28(9-4-12-59-51(55)56)42(79)69-33(40(54)77)20-88-90-23-36-48(85)68-32(19-73)45(82)67-31(17-39(75)76)50(87)72-14-6-11-37(72)49(86)65-29(10-5-13-60-52(57)58)43(80)70-35(46(83)61-24)22-91-89-21-34(47(84)71-36)63-38(74)18-53;/h2-3,7-8,15,24,28-37,62,73H,4-6,9-14,16-23,53H2,1H3,(H2,54,77)(H,61,83)(H,63,74)(H,64,81)(H,65,86)(H,66,78)(H,67,82)(H,68,85)(H,69,79)(H,70,80)(H,71,84)(H,75,76)(H4,55,56,59)(H4,57,58,60);1H4/t24-,28-,29-,30-,31-,32-,33-,34-,35-,36-,37?;/m0./s1. The van der Waals surface area contributed by atoms with Gasteiger partial charge in [-0.15, -0.1) is 0 Å². The zero-order valence-corrected chi connectivity index (χ0v) is 52.7. The SMILES string of the molecule is C.C[C@@H]1NC(=O)[C@@H]2CSSC[C@H](NC(=O)CN)C(=O)N[C@@H](CSSC[C@@H](C(N)=O)NC(=O)[C@H](CCCN=C(N)N)NC(=O)[C@H](Cc3cc4ccccc4[nH]3)NC1=O)C(=O)N[C@@H](CO)C(=O)N[C@@H](CC(=O)O)C(=O)N1CCCC1C(=O)N[C@@H](CCCN=C(N)N)C(=O)N2. The number of nitrogens with one attached hydrogen (secondary N) is 11. The van der Waals surface area contributed by atoms with Gasteiger partial charge in [0.05, 0.1) is 19.6 Å². The number of aliphatic carboxylic acids is 1. The smallest absolute Gasteiger partial charge is 0.305 e. The van der Waals surface area contributed by atoms with Gasteiger partial charge < -0.3 is 108 Å². The summed E-state index contributed by atoms with van der Waals surface area (Å²) in [7, 11) is 3.46. The van der Waals surface area contributed by atoms with E-state index in [1.165, 1.54) is 6.92 Å². The van der Waals surface area contributed by atoms with E-state index in [1.807, 2.05) is 0 Å². The molecule has 25 N–H and O–H groups in total. The second-order valence-corrected chi connectivity index (χ2v) is 26.1. The first-order valence-electron chi connectivity index (χ1n) is 28.6. The molecule has 1 aromatic carbocycles. The fourth-order valence-electron chi connectivity index (χ4n) is 9.33. The van der Waals surface area contributed by atoms with Gasteiger partial charge in [-0.1, -0.05) is 68.8 Å². The lowest BCUT2D eigenvalue weighted by molar-refractivity contribution is -0.146. The van der Waals surface area contributed by atoms with Gasteiger partial charge in [0.1, 0.15) is 66.5 Å². The number of nitrogens with two attached hydrogens (primary N) is 6. The van der Waals surface area contributed by atoms with Crippen molar-refractivity contribution in [1.82, 2.24) is 63.1 Å². The molecule has 508 valence electrons. The summed E-state index contributed by atoms with van der Waals surface area (Å²) in [6.45, 7) is -0.727. The monoisotopic (exact) mass is 1370 g/mol. The summed E-state index contributed by atoms with van der Waals surface area (Å²) in [5, 5.41) is 46.3. The molecule has 4 heterocycles. The number of hydrogen-bond acceptors (Lipinski definition) is 21. The molecule has 0 spiro atoms. The summed E-state index contributed by atoms with van der Waals surface area (Å²) in [6, 6.07) is -8.68. The minimum Gasteiger partial charge on any atom is -0.481 e. The Bertz CT molecular complexity index is 3010.